The van der Waals surface area contributed by atoms with Gasteiger partial charge in [-0.3, -0.25) is 19.2 Å². The topological polar surface area (TPSA) is 164 Å². The summed E-state index contributed by atoms with van der Waals surface area (Å²) in [6, 6.07) is 6.55. The number of benzene rings is 2. The third-order valence-electron chi connectivity index (χ3n) is 4.41. The molecule has 1 heterocycles. The minimum Gasteiger partial charge on any atom is -0.506 e. The number of rotatable bonds is 5. The van der Waals surface area contributed by atoms with Crippen molar-refractivity contribution in [2.24, 2.45) is 0 Å². The van der Waals surface area contributed by atoms with E-state index in [1.54, 1.807) is 0 Å². The van der Waals surface area contributed by atoms with Crippen LogP contribution in [-0.2, 0) is 19.9 Å². The molecule has 1 aliphatic heterocycles. The van der Waals surface area contributed by atoms with Gasteiger partial charge < -0.3 is 10.4 Å². The maximum atomic E-state index is 12.6. The lowest BCUT2D eigenvalue weighted by molar-refractivity contribution is -0.385. The second-order valence-corrected chi connectivity index (χ2v) is 10.7. The van der Waals surface area contributed by atoms with Gasteiger partial charge in [-0.15, -0.1) is 0 Å². The van der Waals surface area contributed by atoms with Crippen LogP contribution in [0.3, 0.4) is 0 Å². The van der Waals surface area contributed by atoms with Crippen molar-refractivity contribution in [3.8, 4) is 5.75 Å². The zero-order valence-electron chi connectivity index (χ0n) is 15.6. The predicted molar refractivity (Wildman–Crippen MR) is 108 cm³/mol. The highest BCUT2D eigenvalue weighted by atomic mass is 32.2. The van der Waals surface area contributed by atoms with Crippen molar-refractivity contribution in [3.63, 3.8) is 0 Å². The Balaban J connectivity index is 1.97. The number of hydrogen-bond acceptors (Lipinski definition) is 8. The van der Waals surface area contributed by atoms with E-state index in [0.717, 1.165) is 28.8 Å². The zero-order valence-corrected chi connectivity index (χ0v) is 17.2. The van der Waals surface area contributed by atoms with Crippen molar-refractivity contribution in [2.75, 3.05) is 28.2 Å². The molecule has 11 nitrogen and oxygen atoms in total. The Kier molecular flexibility index (Phi) is 5.43. The van der Waals surface area contributed by atoms with Crippen LogP contribution in [0.15, 0.2) is 41.3 Å². The van der Waals surface area contributed by atoms with Crippen LogP contribution in [0.25, 0.3) is 0 Å². The minimum absolute atomic E-state index is 0.0163. The Morgan fingerprint density at radius 3 is 2.50 bits per heavy atom. The fraction of sp³-hybridized carbons (Fsp3) is 0.235. The molecule has 1 fully saturated rings. The molecule has 3 rings (SSSR count). The van der Waals surface area contributed by atoms with Crippen LogP contribution < -0.4 is 9.62 Å². The highest BCUT2D eigenvalue weighted by Gasteiger charge is 2.29. The number of sulfone groups is 1. The lowest BCUT2D eigenvalue weighted by Gasteiger charge is -2.18. The molecule has 0 radical (unpaired) electrons. The average Bonchev–Trinajstić information content (AvgIpc) is 3.01. The quantitative estimate of drug-likeness (QED) is 0.389. The van der Waals surface area contributed by atoms with Crippen molar-refractivity contribution in [2.45, 2.75) is 11.3 Å². The number of aromatic hydroxyl groups is 1. The first-order valence-corrected chi connectivity index (χ1v) is 12.0. The molecule has 1 aliphatic rings. The lowest BCUT2D eigenvalue weighted by Crippen LogP contribution is -2.25. The molecule has 0 aromatic heterocycles. The van der Waals surface area contributed by atoms with Crippen molar-refractivity contribution in [1.82, 2.24) is 0 Å². The van der Waals surface area contributed by atoms with E-state index in [4.69, 9.17) is 0 Å². The number of carbonyl (C=O) groups excluding carboxylic acids is 1. The summed E-state index contributed by atoms with van der Waals surface area (Å²) < 4.78 is 48.9. The van der Waals surface area contributed by atoms with Gasteiger partial charge in [0.1, 0.15) is 5.75 Å². The molecule has 30 heavy (non-hydrogen) atoms. The van der Waals surface area contributed by atoms with E-state index >= 15 is 0 Å². The Morgan fingerprint density at radius 1 is 1.23 bits per heavy atom. The molecule has 1 saturated heterocycles. The number of anilines is 2. The van der Waals surface area contributed by atoms with Crippen molar-refractivity contribution < 1.29 is 31.7 Å². The number of hydrogen-bond donors (Lipinski definition) is 2. The van der Waals surface area contributed by atoms with E-state index in [9.17, 15) is 36.9 Å². The first-order chi connectivity index (χ1) is 13.9. The number of phenolic OH excluding ortho intramolecular Hbond substituents is 1. The summed E-state index contributed by atoms with van der Waals surface area (Å²) in [5, 5.41) is 23.5. The molecule has 0 bridgehead atoms. The van der Waals surface area contributed by atoms with Crippen LogP contribution in [0.2, 0.25) is 0 Å². The Morgan fingerprint density at radius 2 is 1.93 bits per heavy atom. The largest absolute Gasteiger partial charge is 0.506 e. The highest BCUT2D eigenvalue weighted by Crippen LogP contribution is 2.32. The first kappa shape index (κ1) is 21.5. The molecule has 0 unspecified atom stereocenters. The van der Waals surface area contributed by atoms with Crippen LogP contribution in [-0.4, -0.2) is 51.3 Å². The van der Waals surface area contributed by atoms with Crippen LogP contribution in [0, 0.1) is 10.1 Å². The Hall–Kier alpha value is -3.19. The highest BCUT2D eigenvalue weighted by molar-refractivity contribution is 7.93. The van der Waals surface area contributed by atoms with Gasteiger partial charge in [0.25, 0.3) is 11.6 Å². The number of phenols is 1. The minimum atomic E-state index is -3.83. The SMILES string of the molecule is CS(=O)(=O)c1cc(C(=O)Nc2cc(N3CCCS3(=O)=O)ccc2O)cc([N+](=O)[O-])c1. The predicted octanol–water partition coefficient (Wildman–Crippen LogP) is 1.50. The van der Waals surface area contributed by atoms with Crippen LogP contribution >= 0.6 is 0 Å². The second kappa shape index (κ2) is 7.57. The van der Waals surface area contributed by atoms with Crippen LogP contribution in [0.4, 0.5) is 17.1 Å². The summed E-state index contributed by atoms with van der Waals surface area (Å²) in [6.07, 6.45) is 1.28. The molecular weight excluding hydrogens is 438 g/mol. The second-order valence-electron chi connectivity index (χ2n) is 6.64. The average molecular weight is 455 g/mol. The summed E-state index contributed by atoms with van der Waals surface area (Å²) in [5.74, 6) is -1.30. The molecule has 0 spiro atoms. The summed E-state index contributed by atoms with van der Waals surface area (Å²) in [5.41, 5.74) is -0.809. The van der Waals surface area contributed by atoms with E-state index in [-0.39, 0.29) is 35.0 Å². The molecule has 2 aromatic carbocycles. The molecule has 2 aromatic rings. The standard InChI is InChI=1S/C17H17N3O8S2/c1-29(25,26)14-8-11(7-13(9-14)20(23)24)17(22)18-15-10-12(3-4-16(15)21)19-5-2-6-30(19,27)28/h3-4,7-10,21H,2,5-6H2,1H3,(H,18,22). The van der Waals surface area contributed by atoms with Gasteiger partial charge in [-0.25, -0.2) is 16.8 Å². The monoisotopic (exact) mass is 455 g/mol. The summed E-state index contributed by atoms with van der Waals surface area (Å²) in [7, 11) is -7.32. The van der Waals surface area contributed by atoms with Gasteiger partial charge in [0.05, 0.1) is 26.9 Å². The third-order valence-corrected chi connectivity index (χ3v) is 7.37. The van der Waals surface area contributed by atoms with Gasteiger partial charge in [0.2, 0.25) is 10.0 Å². The number of sulfonamides is 1. The molecule has 0 saturated carbocycles. The van der Waals surface area contributed by atoms with Gasteiger partial charge in [0, 0.05) is 30.5 Å². The van der Waals surface area contributed by atoms with Crippen molar-refractivity contribution in [1.29, 1.82) is 0 Å². The van der Waals surface area contributed by atoms with Crippen LogP contribution in [0.5, 0.6) is 5.75 Å². The van der Waals surface area contributed by atoms with Gasteiger partial charge >= 0.3 is 0 Å². The molecule has 2 N–H and O–H groups in total. The number of non-ortho nitro benzene ring substituents is 1. The summed E-state index contributed by atoms with van der Waals surface area (Å²) in [6.45, 7) is 0.253. The fourth-order valence-electron chi connectivity index (χ4n) is 2.94. The summed E-state index contributed by atoms with van der Waals surface area (Å²) >= 11 is 0. The number of carbonyl (C=O) groups is 1. The van der Waals surface area contributed by atoms with Gasteiger partial charge in [-0.05, 0) is 30.7 Å². The maximum Gasteiger partial charge on any atom is 0.271 e. The van der Waals surface area contributed by atoms with E-state index in [1.165, 1.54) is 18.2 Å². The van der Waals surface area contributed by atoms with Crippen LogP contribution in [0.1, 0.15) is 16.8 Å². The molecule has 0 atom stereocenters. The number of nitro groups is 1. The normalized spacial score (nSPS) is 15.7. The summed E-state index contributed by atoms with van der Waals surface area (Å²) in [4.78, 5) is 22.5. The van der Waals surface area contributed by atoms with Gasteiger partial charge in [-0.2, -0.15) is 0 Å². The molecule has 13 heteroatoms. The number of nitrogens with zero attached hydrogens (tertiary/aromatic N) is 2. The maximum absolute atomic E-state index is 12.6. The third kappa shape index (κ3) is 4.36. The molecule has 0 aliphatic carbocycles. The number of nitro benzene ring substituents is 1. The zero-order chi connectivity index (χ0) is 22.3. The van der Waals surface area contributed by atoms with Gasteiger partial charge in [-0.1, -0.05) is 0 Å². The first-order valence-electron chi connectivity index (χ1n) is 8.53. The van der Waals surface area contributed by atoms with E-state index in [1.807, 2.05) is 0 Å². The molecule has 1 amide bonds. The smallest absolute Gasteiger partial charge is 0.271 e. The van der Waals surface area contributed by atoms with E-state index in [2.05, 4.69) is 5.32 Å². The van der Waals surface area contributed by atoms with E-state index in [0.29, 0.717) is 6.42 Å². The molecule has 160 valence electrons. The molecular formula is C17H17N3O8S2. The lowest BCUT2D eigenvalue weighted by atomic mass is 10.1. The number of nitrogens with one attached hydrogen (secondary N) is 1. The van der Waals surface area contributed by atoms with E-state index < -0.39 is 41.3 Å². The van der Waals surface area contributed by atoms with Gasteiger partial charge in [0.15, 0.2) is 9.84 Å². The Bertz CT molecular complexity index is 1260. The number of amides is 1. The Labute approximate surface area is 172 Å². The van der Waals surface area contributed by atoms with Crippen molar-refractivity contribution >= 4 is 42.8 Å². The fourth-order valence-corrected chi connectivity index (χ4v) is 5.17. The van der Waals surface area contributed by atoms with Crippen molar-refractivity contribution in [3.05, 3.63) is 52.1 Å².